The lowest BCUT2D eigenvalue weighted by molar-refractivity contribution is 0.202. The summed E-state index contributed by atoms with van der Waals surface area (Å²) in [6.45, 7) is 0.260. The van der Waals surface area contributed by atoms with Crippen LogP contribution in [0.5, 0.6) is 0 Å². The van der Waals surface area contributed by atoms with Crippen LogP contribution in [0.15, 0.2) is 35.9 Å². The summed E-state index contributed by atoms with van der Waals surface area (Å²) >= 11 is 0. The van der Waals surface area contributed by atoms with Crippen LogP contribution >= 0.6 is 0 Å². The molecule has 0 saturated carbocycles. The molecular weight excluding hydrogens is 233 g/mol. The van der Waals surface area contributed by atoms with E-state index in [1.807, 2.05) is 0 Å². The number of allylic oxidation sites excluding steroid dienone is 1. The first kappa shape index (κ1) is 12.6. The average molecular weight is 249 g/mol. The molecule has 0 heterocycles. The third kappa shape index (κ3) is 2.88. The van der Waals surface area contributed by atoms with Crippen LogP contribution in [0.3, 0.4) is 0 Å². The molecule has 1 aliphatic rings. The first-order valence-electron chi connectivity index (χ1n) is 6.11. The molecule has 0 aromatic heterocycles. The molecule has 0 radical (unpaired) electrons. The molecule has 0 aliphatic heterocycles. The third-order valence-electron chi connectivity index (χ3n) is 3.12. The Hall–Kier alpha value is -1.84. The van der Waals surface area contributed by atoms with Crippen molar-refractivity contribution in [3.05, 3.63) is 41.7 Å². The molecule has 0 unspecified atom stereocenters. The topological polar surface area (TPSA) is 40.5 Å². The predicted molar refractivity (Wildman–Crippen MR) is 68.3 cm³/mol. The van der Waals surface area contributed by atoms with E-state index in [1.165, 1.54) is 12.1 Å². The van der Waals surface area contributed by atoms with Crippen molar-refractivity contribution in [2.24, 2.45) is 0 Å². The Labute approximate surface area is 106 Å². The molecule has 0 bridgehead atoms. The number of hydrogen-bond donors (Lipinski definition) is 1. The van der Waals surface area contributed by atoms with Gasteiger partial charge in [0, 0.05) is 0 Å². The van der Waals surface area contributed by atoms with Crippen LogP contribution in [-0.2, 0) is 0 Å². The molecule has 4 heteroatoms. The molecule has 1 aliphatic carbocycles. The van der Waals surface area contributed by atoms with Crippen molar-refractivity contribution >= 4 is 11.8 Å². The van der Waals surface area contributed by atoms with Gasteiger partial charge >= 0.3 is 6.09 Å². The summed E-state index contributed by atoms with van der Waals surface area (Å²) in [4.78, 5) is 12.3. The van der Waals surface area contributed by atoms with Crippen molar-refractivity contribution in [3.63, 3.8) is 0 Å². The van der Waals surface area contributed by atoms with E-state index in [9.17, 15) is 14.3 Å². The number of nitrogens with zero attached hydrogens (tertiary/aromatic N) is 1. The molecule has 0 fully saturated rings. The second-order valence-corrected chi connectivity index (χ2v) is 4.43. The van der Waals surface area contributed by atoms with Crippen LogP contribution in [0.1, 0.15) is 25.7 Å². The van der Waals surface area contributed by atoms with Crippen molar-refractivity contribution in [1.82, 2.24) is 0 Å². The van der Waals surface area contributed by atoms with Crippen LogP contribution in [0.25, 0.3) is 0 Å². The Morgan fingerprint density at radius 2 is 2.11 bits per heavy atom. The van der Waals surface area contributed by atoms with Gasteiger partial charge in [0.15, 0.2) is 0 Å². The summed E-state index contributed by atoms with van der Waals surface area (Å²) in [5.41, 5.74) is 1.20. The maximum absolute atomic E-state index is 13.6. The zero-order valence-corrected chi connectivity index (χ0v) is 10.1. The lowest BCUT2D eigenvalue weighted by atomic mass is 9.99. The quantitative estimate of drug-likeness (QED) is 0.827. The smallest absolute Gasteiger partial charge is 0.412 e. The molecule has 2 rings (SSSR count). The minimum Gasteiger partial charge on any atom is -0.465 e. The Balaban J connectivity index is 2.21. The van der Waals surface area contributed by atoms with Gasteiger partial charge in [0.05, 0.1) is 12.2 Å². The second-order valence-electron chi connectivity index (χ2n) is 4.43. The van der Waals surface area contributed by atoms with Crippen molar-refractivity contribution in [1.29, 1.82) is 0 Å². The van der Waals surface area contributed by atoms with Gasteiger partial charge in [-0.25, -0.2) is 9.18 Å². The average Bonchev–Trinajstić information content (AvgIpc) is 2.38. The maximum Gasteiger partial charge on any atom is 0.412 e. The largest absolute Gasteiger partial charge is 0.465 e. The minimum atomic E-state index is -1.12. The number of hydrogen-bond acceptors (Lipinski definition) is 1. The number of anilines is 1. The monoisotopic (exact) mass is 249 g/mol. The highest BCUT2D eigenvalue weighted by Gasteiger charge is 2.19. The molecule has 1 aromatic rings. The lowest BCUT2D eigenvalue weighted by Gasteiger charge is -2.23. The van der Waals surface area contributed by atoms with Crippen molar-refractivity contribution in [3.8, 4) is 0 Å². The fraction of sp³-hybridized carbons (Fsp3) is 0.357. The summed E-state index contributed by atoms with van der Waals surface area (Å²) in [7, 11) is 0. The van der Waals surface area contributed by atoms with Gasteiger partial charge in [0.2, 0.25) is 0 Å². The summed E-state index contributed by atoms with van der Waals surface area (Å²) < 4.78 is 13.6. The van der Waals surface area contributed by atoms with Gasteiger partial charge in [0.25, 0.3) is 0 Å². The minimum absolute atomic E-state index is 0.122. The number of halogens is 1. The number of amides is 1. The SMILES string of the molecule is O=C(O)N(CC1=CCCCC1)c1ccccc1F. The molecule has 96 valence electrons. The van der Waals surface area contributed by atoms with E-state index < -0.39 is 11.9 Å². The predicted octanol–water partition coefficient (Wildman–Crippen LogP) is 3.81. The molecule has 3 nitrogen and oxygen atoms in total. The molecule has 0 saturated heterocycles. The standard InChI is InChI=1S/C14H16FNO2/c15-12-8-4-5-9-13(12)16(14(17)18)10-11-6-2-1-3-7-11/h4-6,8-9H,1-3,7,10H2,(H,17,18). The third-order valence-corrected chi connectivity index (χ3v) is 3.12. The van der Waals surface area contributed by atoms with Crippen molar-refractivity contribution in [2.75, 3.05) is 11.4 Å². The van der Waals surface area contributed by atoms with Gasteiger partial charge in [0.1, 0.15) is 5.82 Å². The summed E-state index contributed by atoms with van der Waals surface area (Å²) in [6, 6.07) is 5.97. The van der Waals surface area contributed by atoms with E-state index in [4.69, 9.17) is 0 Å². The van der Waals surface area contributed by atoms with E-state index >= 15 is 0 Å². The highest BCUT2D eigenvalue weighted by molar-refractivity contribution is 5.86. The van der Waals surface area contributed by atoms with Gasteiger partial charge in [-0.15, -0.1) is 0 Å². The van der Waals surface area contributed by atoms with Gasteiger partial charge in [-0.2, -0.15) is 0 Å². The zero-order valence-electron chi connectivity index (χ0n) is 10.1. The highest BCUT2D eigenvalue weighted by atomic mass is 19.1. The molecule has 18 heavy (non-hydrogen) atoms. The maximum atomic E-state index is 13.6. The van der Waals surface area contributed by atoms with Crippen molar-refractivity contribution in [2.45, 2.75) is 25.7 Å². The molecule has 1 amide bonds. The normalized spacial score (nSPS) is 15.1. The van der Waals surface area contributed by atoms with Gasteiger partial charge in [-0.3, -0.25) is 4.90 Å². The molecule has 1 N–H and O–H groups in total. The first-order chi connectivity index (χ1) is 8.68. The molecule has 0 spiro atoms. The Morgan fingerprint density at radius 3 is 2.72 bits per heavy atom. The number of carbonyl (C=O) groups is 1. The Kier molecular flexibility index (Phi) is 3.97. The van der Waals surface area contributed by atoms with Crippen LogP contribution in [-0.4, -0.2) is 17.7 Å². The van der Waals surface area contributed by atoms with E-state index in [0.29, 0.717) is 0 Å². The number of benzene rings is 1. The highest BCUT2D eigenvalue weighted by Crippen LogP contribution is 2.23. The van der Waals surface area contributed by atoms with Gasteiger partial charge in [-0.1, -0.05) is 23.8 Å². The van der Waals surface area contributed by atoms with Crippen LogP contribution in [0, 0.1) is 5.82 Å². The van der Waals surface area contributed by atoms with Gasteiger partial charge < -0.3 is 5.11 Å². The van der Waals surface area contributed by atoms with Crippen LogP contribution in [0.4, 0.5) is 14.9 Å². The Morgan fingerprint density at radius 1 is 1.33 bits per heavy atom. The van der Waals surface area contributed by atoms with E-state index in [1.54, 1.807) is 12.1 Å². The zero-order chi connectivity index (χ0) is 13.0. The molecular formula is C14H16FNO2. The fourth-order valence-corrected chi connectivity index (χ4v) is 2.18. The van der Waals surface area contributed by atoms with E-state index in [-0.39, 0.29) is 12.2 Å². The van der Waals surface area contributed by atoms with Gasteiger partial charge in [-0.05, 0) is 37.8 Å². The second kappa shape index (κ2) is 5.67. The summed E-state index contributed by atoms with van der Waals surface area (Å²) in [5.74, 6) is -0.503. The summed E-state index contributed by atoms with van der Waals surface area (Å²) in [5, 5.41) is 9.21. The van der Waals surface area contributed by atoms with E-state index in [0.717, 1.165) is 36.2 Å². The number of carboxylic acid groups (broad SMARTS) is 1. The molecule has 1 aromatic carbocycles. The fourth-order valence-electron chi connectivity index (χ4n) is 2.18. The van der Waals surface area contributed by atoms with Crippen molar-refractivity contribution < 1.29 is 14.3 Å². The number of rotatable bonds is 3. The first-order valence-corrected chi connectivity index (χ1v) is 6.11. The van der Waals surface area contributed by atoms with Crippen LogP contribution < -0.4 is 4.90 Å². The Bertz CT molecular complexity index is 471. The van der Waals surface area contributed by atoms with E-state index in [2.05, 4.69) is 6.08 Å². The lowest BCUT2D eigenvalue weighted by Crippen LogP contribution is -2.32. The summed E-state index contributed by atoms with van der Waals surface area (Å²) in [6.07, 6.45) is 5.07. The van der Waals surface area contributed by atoms with Crippen LogP contribution in [0.2, 0.25) is 0 Å². The molecule has 0 atom stereocenters. The number of para-hydroxylation sites is 1.